The monoisotopic (exact) mass is 292 g/mol. The summed E-state index contributed by atoms with van der Waals surface area (Å²) in [5.41, 5.74) is 1.22. The zero-order chi connectivity index (χ0) is 14.4. The Hall–Kier alpha value is -2.01. The molecule has 1 aromatic carbocycles. The maximum Gasteiger partial charge on any atom is 0.224 e. The van der Waals surface area contributed by atoms with Gasteiger partial charge in [-0.3, -0.25) is 0 Å². The molecular formula is C14H17ClN4O. The van der Waals surface area contributed by atoms with Gasteiger partial charge in [0.1, 0.15) is 16.6 Å². The van der Waals surface area contributed by atoms with Crippen LogP contribution in [0, 0.1) is 0 Å². The van der Waals surface area contributed by atoms with Gasteiger partial charge >= 0.3 is 0 Å². The first-order valence-corrected chi connectivity index (χ1v) is 6.68. The van der Waals surface area contributed by atoms with E-state index in [0.717, 1.165) is 18.7 Å². The Morgan fingerprint density at radius 3 is 2.65 bits per heavy atom. The van der Waals surface area contributed by atoms with Crippen molar-refractivity contribution >= 4 is 23.4 Å². The molecule has 106 valence electrons. The van der Waals surface area contributed by atoms with Crippen molar-refractivity contribution in [3.8, 4) is 5.75 Å². The number of nitrogens with one attached hydrogen (secondary N) is 2. The van der Waals surface area contributed by atoms with Crippen LogP contribution in [0.2, 0.25) is 5.02 Å². The van der Waals surface area contributed by atoms with Gasteiger partial charge < -0.3 is 15.4 Å². The first-order chi connectivity index (χ1) is 9.72. The third-order valence-electron chi connectivity index (χ3n) is 2.83. The van der Waals surface area contributed by atoms with Gasteiger partial charge in [0.25, 0.3) is 0 Å². The first kappa shape index (κ1) is 14.4. The highest BCUT2D eigenvalue weighted by atomic mass is 35.5. The van der Waals surface area contributed by atoms with E-state index in [2.05, 4.69) is 20.6 Å². The summed E-state index contributed by atoms with van der Waals surface area (Å²) in [6.07, 6.45) is 2.45. The molecule has 0 unspecified atom stereocenters. The number of methoxy groups -OCH3 is 1. The average molecular weight is 293 g/mol. The lowest BCUT2D eigenvalue weighted by atomic mass is 10.1. The van der Waals surface area contributed by atoms with Crippen LogP contribution in [0.3, 0.4) is 0 Å². The van der Waals surface area contributed by atoms with Gasteiger partial charge in [0.15, 0.2) is 0 Å². The molecule has 2 rings (SSSR count). The number of ether oxygens (including phenoxy) is 1. The van der Waals surface area contributed by atoms with Crippen molar-refractivity contribution in [3.05, 3.63) is 41.0 Å². The minimum absolute atomic E-state index is 0.513. The molecule has 0 aliphatic rings. The van der Waals surface area contributed by atoms with Crippen LogP contribution in [0.5, 0.6) is 5.75 Å². The number of rotatable bonds is 6. The summed E-state index contributed by atoms with van der Waals surface area (Å²) in [6, 6.07) is 7.99. The van der Waals surface area contributed by atoms with Gasteiger partial charge in [-0.1, -0.05) is 23.7 Å². The van der Waals surface area contributed by atoms with Gasteiger partial charge in [-0.05, 0) is 24.1 Å². The zero-order valence-electron chi connectivity index (χ0n) is 11.5. The molecule has 0 aliphatic carbocycles. The smallest absolute Gasteiger partial charge is 0.224 e. The standard InChI is InChI=1S/C14H17ClN4O/c1-16-14-18-9-12(15)13(19-14)17-8-7-10-3-5-11(20-2)6-4-10/h3-6,9H,7-8H2,1-2H3,(H2,16,17,18,19). The van der Waals surface area contributed by atoms with Crippen molar-refractivity contribution in [2.24, 2.45) is 0 Å². The molecule has 5 nitrogen and oxygen atoms in total. The molecule has 0 spiro atoms. The Labute approximate surface area is 123 Å². The lowest BCUT2D eigenvalue weighted by Crippen LogP contribution is -2.08. The molecule has 2 N–H and O–H groups in total. The van der Waals surface area contributed by atoms with Crippen LogP contribution in [-0.2, 0) is 6.42 Å². The lowest BCUT2D eigenvalue weighted by molar-refractivity contribution is 0.414. The number of hydrogen-bond acceptors (Lipinski definition) is 5. The van der Waals surface area contributed by atoms with E-state index in [-0.39, 0.29) is 0 Å². The van der Waals surface area contributed by atoms with E-state index < -0.39 is 0 Å². The second-order valence-electron chi connectivity index (χ2n) is 4.17. The molecule has 2 aromatic rings. The summed E-state index contributed by atoms with van der Waals surface area (Å²) < 4.78 is 5.13. The maximum absolute atomic E-state index is 6.04. The number of benzene rings is 1. The SMILES string of the molecule is CNc1ncc(Cl)c(NCCc2ccc(OC)cc2)n1. The normalized spacial score (nSPS) is 10.2. The molecule has 0 saturated heterocycles. The van der Waals surface area contributed by atoms with Crippen molar-refractivity contribution in [2.45, 2.75) is 6.42 Å². The van der Waals surface area contributed by atoms with Crippen LogP contribution in [0.4, 0.5) is 11.8 Å². The Bertz CT molecular complexity index is 560. The van der Waals surface area contributed by atoms with E-state index in [1.54, 1.807) is 20.4 Å². The molecule has 0 aliphatic heterocycles. The van der Waals surface area contributed by atoms with E-state index in [1.165, 1.54) is 5.56 Å². The number of aromatic nitrogens is 2. The summed E-state index contributed by atoms with van der Waals surface area (Å²) in [4.78, 5) is 8.30. The van der Waals surface area contributed by atoms with E-state index in [9.17, 15) is 0 Å². The zero-order valence-corrected chi connectivity index (χ0v) is 12.2. The highest BCUT2D eigenvalue weighted by Gasteiger charge is 2.04. The van der Waals surface area contributed by atoms with Gasteiger partial charge in [-0.2, -0.15) is 4.98 Å². The fourth-order valence-electron chi connectivity index (χ4n) is 1.73. The maximum atomic E-state index is 6.04. The van der Waals surface area contributed by atoms with Crippen LogP contribution in [-0.4, -0.2) is 30.7 Å². The quantitative estimate of drug-likeness (QED) is 0.857. The second kappa shape index (κ2) is 6.96. The van der Waals surface area contributed by atoms with Crippen LogP contribution in [0.1, 0.15) is 5.56 Å². The summed E-state index contributed by atoms with van der Waals surface area (Å²) >= 11 is 6.04. The predicted octanol–water partition coefficient (Wildman–Crippen LogP) is 2.83. The Morgan fingerprint density at radius 2 is 2.00 bits per heavy atom. The Morgan fingerprint density at radius 1 is 1.25 bits per heavy atom. The molecule has 1 aromatic heterocycles. The van der Waals surface area contributed by atoms with Crippen LogP contribution < -0.4 is 15.4 Å². The number of hydrogen-bond donors (Lipinski definition) is 2. The van der Waals surface area contributed by atoms with Crippen molar-refractivity contribution in [1.82, 2.24) is 9.97 Å². The fraction of sp³-hybridized carbons (Fsp3) is 0.286. The second-order valence-corrected chi connectivity index (χ2v) is 4.57. The fourth-order valence-corrected chi connectivity index (χ4v) is 1.89. The Balaban J connectivity index is 1.91. The highest BCUT2D eigenvalue weighted by Crippen LogP contribution is 2.19. The third-order valence-corrected chi connectivity index (χ3v) is 3.11. The van der Waals surface area contributed by atoms with E-state index in [1.807, 2.05) is 24.3 Å². The summed E-state index contributed by atoms with van der Waals surface area (Å²) in [5, 5.41) is 6.60. The number of halogens is 1. The molecule has 20 heavy (non-hydrogen) atoms. The van der Waals surface area contributed by atoms with E-state index in [0.29, 0.717) is 16.8 Å². The van der Waals surface area contributed by atoms with Crippen LogP contribution >= 0.6 is 11.6 Å². The number of nitrogens with zero attached hydrogens (tertiary/aromatic N) is 2. The first-order valence-electron chi connectivity index (χ1n) is 6.30. The molecule has 6 heteroatoms. The lowest BCUT2D eigenvalue weighted by Gasteiger charge is -2.09. The largest absolute Gasteiger partial charge is 0.497 e. The topological polar surface area (TPSA) is 59.1 Å². The van der Waals surface area contributed by atoms with Crippen molar-refractivity contribution < 1.29 is 4.74 Å². The summed E-state index contributed by atoms with van der Waals surface area (Å²) in [5.74, 6) is 2.04. The van der Waals surface area contributed by atoms with Crippen molar-refractivity contribution in [3.63, 3.8) is 0 Å². The molecule has 0 fully saturated rings. The van der Waals surface area contributed by atoms with Gasteiger partial charge in [0.2, 0.25) is 5.95 Å². The Kier molecular flexibility index (Phi) is 5.01. The summed E-state index contributed by atoms with van der Waals surface area (Å²) in [6.45, 7) is 0.742. The molecular weight excluding hydrogens is 276 g/mol. The molecule has 0 amide bonds. The third kappa shape index (κ3) is 3.74. The summed E-state index contributed by atoms with van der Waals surface area (Å²) in [7, 11) is 3.43. The predicted molar refractivity (Wildman–Crippen MR) is 81.8 cm³/mol. The minimum Gasteiger partial charge on any atom is -0.497 e. The molecule has 0 atom stereocenters. The van der Waals surface area contributed by atoms with E-state index >= 15 is 0 Å². The molecule has 0 saturated carbocycles. The van der Waals surface area contributed by atoms with E-state index in [4.69, 9.17) is 16.3 Å². The van der Waals surface area contributed by atoms with Gasteiger partial charge in [-0.25, -0.2) is 4.98 Å². The highest BCUT2D eigenvalue weighted by molar-refractivity contribution is 6.32. The van der Waals surface area contributed by atoms with Crippen molar-refractivity contribution in [2.75, 3.05) is 31.3 Å². The molecule has 0 radical (unpaired) electrons. The number of anilines is 2. The molecule has 1 heterocycles. The van der Waals surface area contributed by atoms with Gasteiger partial charge in [0.05, 0.1) is 13.3 Å². The van der Waals surface area contributed by atoms with Gasteiger partial charge in [-0.15, -0.1) is 0 Å². The van der Waals surface area contributed by atoms with Crippen molar-refractivity contribution in [1.29, 1.82) is 0 Å². The molecule has 0 bridgehead atoms. The van der Waals surface area contributed by atoms with Gasteiger partial charge in [0, 0.05) is 13.6 Å². The minimum atomic E-state index is 0.513. The average Bonchev–Trinajstić information content (AvgIpc) is 2.50. The van der Waals surface area contributed by atoms with Crippen LogP contribution in [0.15, 0.2) is 30.5 Å². The van der Waals surface area contributed by atoms with Crippen LogP contribution in [0.25, 0.3) is 0 Å².